The molecule has 0 saturated heterocycles. The first-order chi connectivity index (χ1) is 8.27. The lowest BCUT2D eigenvalue weighted by Gasteiger charge is -2.09. The second kappa shape index (κ2) is 7.60. The number of carbonyl (C=O) groups excluding carboxylic acids is 2. The predicted molar refractivity (Wildman–Crippen MR) is 65.7 cm³/mol. The van der Waals surface area contributed by atoms with Gasteiger partial charge in [-0.1, -0.05) is 30.3 Å². The molecule has 0 unspecified atom stereocenters. The molecule has 1 aromatic carbocycles. The molecule has 0 N–H and O–H groups in total. The molecular weight excluding hydrogens is 216 g/mol. The van der Waals surface area contributed by atoms with Crippen molar-refractivity contribution in [3.63, 3.8) is 0 Å². The molecule has 3 nitrogen and oxygen atoms in total. The molecule has 0 fully saturated rings. The fourth-order valence-corrected chi connectivity index (χ4v) is 1.71. The van der Waals surface area contributed by atoms with Crippen LogP contribution in [0.2, 0.25) is 0 Å². The van der Waals surface area contributed by atoms with Crippen LogP contribution in [-0.2, 0) is 14.3 Å². The van der Waals surface area contributed by atoms with Crippen molar-refractivity contribution >= 4 is 12.3 Å². The normalized spacial score (nSPS) is 11.8. The second-order valence-corrected chi connectivity index (χ2v) is 3.85. The van der Waals surface area contributed by atoms with E-state index >= 15 is 0 Å². The minimum absolute atomic E-state index is 0.120. The Labute approximate surface area is 102 Å². The number of carbonyl (C=O) groups is 2. The van der Waals surface area contributed by atoms with Crippen molar-refractivity contribution in [2.45, 2.75) is 32.1 Å². The summed E-state index contributed by atoms with van der Waals surface area (Å²) in [5.41, 5.74) is 1.01. The maximum absolute atomic E-state index is 11.1. The van der Waals surface area contributed by atoms with Crippen molar-refractivity contribution in [3.05, 3.63) is 35.9 Å². The molecule has 1 aromatic rings. The van der Waals surface area contributed by atoms with Crippen LogP contribution < -0.4 is 0 Å². The van der Waals surface area contributed by atoms with Gasteiger partial charge >= 0.3 is 5.97 Å². The molecule has 0 aromatic heterocycles. The lowest BCUT2D eigenvalue weighted by Crippen LogP contribution is -2.06. The summed E-state index contributed by atoms with van der Waals surface area (Å²) in [5.74, 6) is -0.309. The quantitative estimate of drug-likeness (QED) is 0.538. The Kier molecular flexibility index (Phi) is 6.00. The zero-order valence-corrected chi connectivity index (χ0v) is 10.1. The van der Waals surface area contributed by atoms with Crippen LogP contribution in [0.3, 0.4) is 0 Å². The van der Waals surface area contributed by atoms with Crippen LogP contribution in [0.15, 0.2) is 30.3 Å². The summed E-state index contributed by atoms with van der Waals surface area (Å²) in [6.07, 6.45) is 2.69. The molecule has 0 radical (unpaired) electrons. The molecule has 0 aliphatic heterocycles. The number of hydrogen-bond donors (Lipinski definition) is 0. The highest BCUT2D eigenvalue weighted by Gasteiger charge is 2.11. The molecular formula is C14H18O3. The van der Waals surface area contributed by atoms with Crippen LogP contribution >= 0.6 is 0 Å². The van der Waals surface area contributed by atoms with Crippen molar-refractivity contribution in [1.82, 2.24) is 0 Å². The van der Waals surface area contributed by atoms with E-state index in [1.54, 1.807) is 6.92 Å². The average molecular weight is 234 g/mol. The van der Waals surface area contributed by atoms with Gasteiger partial charge in [0.2, 0.25) is 0 Å². The average Bonchev–Trinajstić information content (AvgIpc) is 2.36. The van der Waals surface area contributed by atoms with Gasteiger partial charge in [0.05, 0.1) is 6.61 Å². The van der Waals surface area contributed by atoms with E-state index in [1.807, 2.05) is 30.3 Å². The van der Waals surface area contributed by atoms with E-state index in [0.717, 1.165) is 11.8 Å². The Morgan fingerprint density at radius 1 is 1.35 bits per heavy atom. The number of esters is 1. The number of hydrogen-bond acceptors (Lipinski definition) is 3. The first-order valence-electron chi connectivity index (χ1n) is 5.93. The number of rotatable bonds is 7. The Morgan fingerprint density at radius 2 is 2.06 bits per heavy atom. The fourth-order valence-electron chi connectivity index (χ4n) is 1.71. The Morgan fingerprint density at radius 3 is 2.65 bits per heavy atom. The summed E-state index contributed by atoms with van der Waals surface area (Å²) in [7, 11) is 0. The van der Waals surface area contributed by atoms with Crippen molar-refractivity contribution in [3.8, 4) is 0 Å². The molecule has 0 spiro atoms. The first-order valence-corrected chi connectivity index (χ1v) is 5.93. The zero-order valence-electron chi connectivity index (χ0n) is 10.1. The molecule has 0 aliphatic rings. The Bertz CT molecular complexity index is 346. The lowest BCUT2D eigenvalue weighted by molar-refractivity contribution is -0.143. The van der Waals surface area contributed by atoms with E-state index in [-0.39, 0.29) is 11.9 Å². The molecule has 17 heavy (non-hydrogen) atoms. The molecule has 1 atom stereocenters. The number of benzene rings is 1. The summed E-state index contributed by atoms with van der Waals surface area (Å²) < 4.78 is 4.84. The summed E-state index contributed by atoms with van der Waals surface area (Å²) in [6, 6.07) is 9.62. The van der Waals surface area contributed by atoms with Gasteiger partial charge in [0.15, 0.2) is 0 Å². The fraction of sp³-hybridized carbons (Fsp3) is 0.429. The molecule has 0 amide bonds. The highest BCUT2D eigenvalue weighted by atomic mass is 16.5. The van der Waals surface area contributed by atoms with Gasteiger partial charge in [-0.2, -0.15) is 0 Å². The van der Waals surface area contributed by atoms with Gasteiger partial charge in [-0.3, -0.25) is 4.79 Å². The maximum Gasteiger partial charge on any atom is 0.305 e. The molecule has 1 rings (SSSR count). The van der Waals surface area contributed by atoms with Crippen LogP contribution in [0.4, 0.5) is 0 Å². The van der Waals surface area contributed by atoms with Gasteiger partial charge in [0.1, 0.15) is 6.29 Å². The third kappa shape index (κ3) is 4.81. The third-order valence-electron chi connectivity index (χ3n) is 2.59. The lowest BCUT2D eigenvalue weighted by atomic mass is 9.95. The third-order valence-corrected chi connectivity index (χ3v) is 2.59. The van der Waals surface area contributed by atoms with E-state index in [2.05, 4.69) is 0 Å². The summed E-state index contributed by atoms with van der Waals surface area (Å²) in [6.45, 7) is 2.20. The molecule has 0 saturated carbocycles. The predicted octanol–water partition coefficient (Wildman–Crippen LogP) is 2.70. The van der Waals surface area contributed by atoms with Gasteiger partial charge < -0.3 is 9.53 Å². The SMILES string of the molecule is CCOC(=O)CCC[C@H](C=O)c1ccccc1. The highest BCUT2D eigenvalue weighted by Crippen LogP contribution is 2.19. The summed E-state index contributed by atoms with van der Waals surface area (Å²) >= 11 is 0. The van der Waals surface area contributed by atoms with Crippen molar-refractivity contribution in [1.29, 1.82) is 0 Å². The second-order valence-electron chi connectivity index (χ2n) is 3.85. The molecule has 0 aliphatic carbocycles. The van der Waals surface area contributed by atoms with E-state index in [4.69, 9.17) is 4.74 Å². The van der Waals surface area contributed by atoms with Crippen LogP contribution in [0.25, 0.3) is 0 Å². The van der Waals surface area contributed by atoms with E-state index in [1.165, 1.54) is 0 Å². The van der Waals surface area contributed by atoms with E-state index in [9.17, 15) is 9.59 Å². The van der Waals surface area contributed by atoms with Crippen molar-refractivity contribution < 1.29 is 14.3 Å². The standard InChI is InChI=1S/C14H18O3/c1-2-17-14(16)10-6-9-13(11-15)12-7-4-3-5-8-12/h3-5,7-8,11,13H,2,6,9-10H2,1H3/t13-/m1/s1. The Hall–Kier alpha value is -1.64. The van der Waals surface area contributed by atoms with Gasteiger partial charge in [0.25, 0.3) is 0 Å². The van der Waals surface area contributed by atoms with Gasteiger partial charge in [0, 0.05) is 12.3 Å². The van der Waals surface area contributed by atoms with Crippen LogP contribution in [-0.4, -0.2) is 18.9 Å². The molecule has 0 bridgehead atoms. The van der Waals surface area contributed by atoms with E-state index < -0.39 is 0 Å². The minimum atomic E-state index is -0.190. The topological polar surface area (TPSA) is 43.4 Å². The molecule has 3 heteroatoms. The van der Waals surface area contributed by atoms with Crippen molar-refractivity contribution in [2.24, 2.45) is 0 Å². The first kappa shape index (κ1) is 13.4. The minimum Gasteiger partial charge on any atom is -0.466 e. The van der Waals surface area contributed by atoms with Crippen molar-refractivity contribution in [2.75, 3.05) is 6.61 Å². The monoisotopic (exact) mass is 234 g/mol. The maximum atomic E-state index is 11.1. The molecule has 0 heterocycles. The number of ether oxygens (including phenoxy) is 1. The zero-order chi connectivity index (χ0) is 12.5. The summed E-state index contributed by atoms with van der Waals surface area (Å²) in [5, 5.41) is 0. The molecule has 92 valence electrons. The smallest absolute Gasteiger partial charge is 0.305 e. The van der Waals surface area contributed by atoms with Crippen LogP contribution in [0, 0.1) is 0 Å². The van der Waals surface area contributed by atoms with E-state index in [0.29, 0.717) is 25.9 Å². The number of aldehydes is 1. The van der Waals surface area contributed by atoms with Crippen LogP contribution in [0.5, 0.6) is 0 Å². The Balaban J connectivity index is 2.39. The van der Waals surface area contributed by atoms with Gasteiger partial charge in [-0.15, -0.1) is 0 Å². The van der Waals surface area contributed by atoms with Crippen LogP contribution in [0.1, 0.15) is 37.7 Å². The van der Waals surface area contributed by atoms with Gasteiger partial charge in [-0.25, -0.2) is 0 Å². The largest absolute Gasteiger partial charge is 0.466 e. The van der Waals surface area contributed by atoms with Gasteiger partial charge in [-0.05, 0) is 25.3 Å². The highest BCUT2D eigenvalue weighted by molar-refractivity contribution is 5.69. The summed E-state index contributed by atoms with van der Waals surface area (Å²) in [4.78, 5) is 22.1.